The van der Waals surface area contributed by atoms with E-state index in [1.54, 1.807) is 12.1 Å². The summed E-state index contributed by atoms with van der Waals surface area (Å²) in [6.45, 7) is 0. The Balaban J connectivity index is 2.27. The fraction of sp³-hybridized carbons (Fsp3) is 0. The normalized spacial score (nSPS) is 10.9. The third-order valence-corrected chi connectivity index (χ3v) is 2.31. The summed E-state index contributed by atoms with van der Waals surface area (Å²) in [7, 11) is 0. The SMILES string of the molecule is O=C(Cl)/C=C/n1cnc(-c2cccc(Cl)c2)n1. The number of allylic oxidation sites excluding steroid dienone is 1. The summed E-state index contributed by atoms with van der Waals surface area (Å²) in [5.41, 5.74) is 0.807. The summed E-state index contributed by atoms with van der Waals surface area (Å²) in [5.74, 6) is 0.527. The van der Waals surface area contributed by atoms with Gasteiger partial charge in [-0.25, -0.2) is 9.67 Å². The Labute approximate surface area is 107 Å². The molecule has 0 aliphatic heterocycles. The molecular weight excluding hydrogens is 261 g/mol. The highest BCUT2D eigenvalue weighted by atomic mass is 35.5. The quantitative estimate of drug-likeness (QED) is 0.635. The summed E-state index contributed by atoms with van der Waals surface area (Å²) in [4.78, 5) is 14.6. The fourth-order valence-corrected chi connectivity index (χ4v) is 1.49. The Morgan fingerprint density at radius 2 is 2.24 bits per heavy atom. The van der Waals surface area contributed by atoms with Gasteiger partial charge in [0.25, 0.3) is 0 Å². The van der Waals surface area contributed by atoms with E-state index in [0.29, 0.717) is 10.8 Å². The lowest BCUT2D eigenvalue weighted by atomic mass is 10.2. The van der Waals surface area contributed by atoms with Crippen molar-refractivity contribution in [1.82, 2.24) is 14.8 Å². The molecule has 2 aromatic rings. The Morgan fingerprint density at radius 1 is 1.41 bits per heavy atom. The molecule has 0 fully saturated rings. The highest BCUT2D eigenvalue weighted by Gasteiger charge is 2.03. The van der Waals surface area contributed by atoms with Gasteiger partial charge >= 0.3 is 0 Å². The fourth-order valence-electron chi connectivity index (χ4n) is 1.24. The number of carbonyl (C=O) groups is 1. The first kappa shape index (κ1) is 11.8. The standard InChI is InChI=1S/C11H7Cl2N3O/c12-9-3-1-2-8(6-9)11-14-7-16(15-11)5-4-10(13)17/h1-7H/b5-4+. The van der Waals surface area contributed by atoms with Crippen LogP contribution in [0.5, 0.6) is 0 Å². The van der Waals surface area contributed by atoms with E-state index in [2.05, 4.69) is 10.1 Å². The number of rotatable bonds is 3. The van der Waals surface area contributed by atoms with Crippen LogP contribution in [-0.2, 0) is 4.79 Å². The zero-order chi connectivity index (χ0) is 12.3. The van der Waals surface area contributed by atoms with Crippen molar-refractivity contribution in [2.75, 3.05) is 0 Å². The van der Waals surface area contributed by atoms with E-state index in [4.69, 9.17) is 23.2 Å². The Bertz CT molecular complexity index is 578. The van der Waals surface area contributed by atoms with Gasteiger partial charge in [-0.3, -0.25) is 4.79 Å². The largest absolute Gasteiger partial charge is 0.276 e. The van der Waals surface area contributed by atoms with E-state index < -0.39 is 5.24 Å². The minimum Gasteiger partial charge on any atom is -0.276 e. The summed E-state index contributed by atoms with van der Waals surface area (Å²) in [6, 6.07) is 7.20. The van der Waals surface area contributed by atoms with Crippen molar-refractivity contribution in [3.8, 4) is 11.4 Å². The molecule has 0 unspecified atom stereocenters. The van der Waals surface area contributed by atoms with Gasteiger partial charge in [0.05, 0.1) is 0 Å². The summed E-state index contributed by atoms with van der Waals surface area (Å²) in [6.07, 6.45) is 4.10. The summed E-state index contributed by atoms with van der Waals surface area (Å²) in [5, 5.41) is 4.19. The van der Waals surface area contributed by atoms with Crippen LogP contribution in [0.4, 0.5) is 0 Å². The maximum atomic E-state index is 10.5. The maximum absolute atomic E-state index is 10.5. The van der Waals surface area contributed by atoms with E-state index in [1.807, 2.05) is 12.1 Å². The van der Waals surface area contributed by atoms with Gasteiger partial charge in [-0.2, -0.15) is 0 Å². The molecule has 1 heterocycles. The Kier molecular flexibility index (Phi) is 3.56. The van der Waals surface area contributed by atoms with Gasteiger partial charge in [-0.15, -0.1) is 5.10 Å². The monoisotopic (exact) mass is 267 g/mol. The number of nitrogens with zero attached hydrogens (tertiary/aromatic N) is 3. The zero-order valence-electron chi connectivity index (χ0n) is 8.55. The summed E-state index contributed by atoms with van der Waals surface area (Å²) >= 11 is 11.0. The van der Waals surface area contributed by atoms with Crippen LogP contribution in [0.25, 0.3) is 17.6 Å². The van der Waals surface area contributed by atoms with E-state index in [-0.39, 0.29) is 0 Å². The van der Waals surface area contributed by atoms with Crippen molar-refractivity contribution < 1.29 is 4.79 Å². The van der Waals surface area contributed by atoms with E-state index in [9.17, 15) is 4.79 Å². The van der Waals surface area contributed by atoms with Gasteiger partial charge in [0.15, 0.2) is 5.82 Å². The number of carbonyl (C=O) groups excluding carboxylic acids is 1. The Hall–Kier alpha value is -1.65. The van der Waals surface area contributed by atoms with E-state index in [1.165, 1.54) is 23.3 Å². The minimum atomic E-state index is -0.565. The molecule has 0 saturated heterocycles. The molecule has 1 aromatic heterocycles. The van der Waals surface area contributed by atoms with Crippen LogP contribution in [0.15, 0.2) is 36.7 Å². The molecule has 4 nitrogen and oxygen atoms in total. The molecular formula is C11H7Cl2N3O. The van der Waals surface area contributed by atoms with Crippen molar-refractivity contribution >= 4 is 34.6 Å². The number of hydrogen-bond donors (Lipinski definition) is 0. The van der Waals surface area contributed by atoms with Crippen LogP contribution >= 0.6 is 23.2 Å². The van der Waals surface area contributed by atoms with E-state index >= 15 is 0 Å². The lowest BCUT2D eigenvalue weighted by Crippen LogP contribution is -1.88. The zero-order valence-corrected chi connectivity index (χ0v) is 10.1. The second kappa shape index (κ2) is 5.12. The van der Waals surface area contributed by atoms with Gasteiger partial charge in [0.2, 0.25) is 5.24 Å². The van der Waals surface area contributed by atoms with Crippen LogP contribution in [0.1, 0.15) is 0 Å². The number of benzene rings is 1. The van der Waals surface area contributed by atoms with Crippen LogP contribution in [0.3, 0.4) is 0 Å². The second-order valence-electron chi connectivity index (χ2n) is 3.18. The van der Waals surface area contributed by atoms with Gasteiger partial charge in [0, 0.05) is 22.9 Å². The third kappa shape index (κ3) is 3.15. The van der Waals surface area contributed by atoms with Gasteiger partial charge in [0.1, 0.15) is 6.33 Å². The molecule has 0 spiro atoms. The molecule has 0 radical (unpaired) electrons. The first-order valence-corrected chi connectivity index (χ1v) is 5.45. The predicted octanol–water partition coefficient (Wildman–Crippen LogP) is 2.83. The Morgan fingerprint density at radius 3 is 2.94 bits per heavy atom. The average Bonchev–Trinajstić information content (AvgIpc) is 2.75. The van der Waals surface area contributed by atoms with Gasteiger partial charge in [-0.1, -0.05) is 23.7 Å². The van der Waals surface area contributed by atoms with Crippen LogP contribution in [-0.4, -0.2) is 20.0 Å². The van der Waals surface area contributed by atoms with Crippen LogP contribution in [0, 0.1) is 0 Å². The van der Waals surface area contributed by atoms with E-state index in [0.717, 1.165) is 5.56 Å². The number of aromatic nitrogens is 3. The molecule has 17 heavy (non-hydrogen) atoms. The topological polar surface area (TPSA) is 47.8 Å². The molecule has 0 aliphatic carbocycles. The number of hydrogen-bond acceptors (Lipinski definition) is 3. The third-order valence-electron chi connectivity index (χ3n) is 1.95. The molecule has 0 amide bonds. The van der Waals surface area contributed by atoms with Crippen molar-refractivity contribution in [3.05, 3.63) is 41.7 Å². The smallest absolute Gasteiger partial charge is 0.246 e. The van der Waals surface area contributed by atoms with Gasteiger partial charge in [-0.05, 0) is 23.7 Å². The summed E-state index contributed by atoms with van der Waals surface area (Å²) < 4.78 is 1.40. The molecule has 2 rings (SSSR count). The molecule has 0 atom stereocenters. The molecule has 0 saturated carbocycles. The first-order valence-electron chi connectivity index (χ1n) is 4.70. The maximum Gasteiger partial charge on any atom is 0.246 e. The van der Waals surface area contributed by atoms with Crippen molar-refractivity contribution in [3.63, 3.8) is 0 Å². The molecule has 0 N–H and O–H groups in total. The van der Waals surface area contributed by atoms with Crippen LogP contribution < -0.4 is 0 Å². The van der Waals surface area contributed by atoms with Gasteiger partial charge < -0.3 is 0 Å². The number of halogens is 2. The molecule has 86 valence electrons. The predicted molar refractivity (Wildman–Crippen MR) is 66.7 cm³/mol. The molecule has 0 bridgehead atoms. The molecule has 6 heteroatoms. The lowest BCUT2D eigenvalue weighted by molar-refractivity contribution is -0.107. The lowest BCUT2D eigenvalue weighted by Gasteiger charge is -1.95. The minimum absolute atomic E-state index is 0.527. The van der Waals surface area contributed by atoms with Crippen molar-refractivity contribution in [2.45, 2.75) is 0 Å². The average molecular weight is 268 g/mol. The first-order chi connectivity index (χ1) is 8.15. The highest BCUT2D eigenvalue weighted by Crippen LogP contribution is 2.18. The van der Waals surface area contributed by atoms with Crippen LogP contribution in [0.2, 0.25) is 5.02 Å². The van der Waals surface area contributed by atoms with Crippen molar-refractivity contribution in [2.24, 2.45) is 0 Å². The molecule has 1 aromatic carbocycles. The highest BCUT2D eigenvalue weighted by molar-refractivity contribution is 6.66. The second-order valence-corrected chi connectivity index (χ2v) is 3.99. The molecule has 0 aliphatic rings. The van der Waals surface area contributed by atoms with Crippen molar-refractivity contribution in [1.29, 1.82) is 0 Å².